The number of aromatic carboxylic acids is 1. The first-order chi connectivity index (χ1) is 12.7. The van der Waals surface area contributed by atoms with Crippen molar-refractivity contribution >= 4 is 27.1 Å². The average Bonchev–Trinajstić information content (AvgIpc) is 2.93. The highest BCUT2D eigenvalue weighted by Gasteiger charge is 2.42. The molecule has 3 aliphatic rings. The van der Waals surface area contributed by atoms with Crippen molar-refractivity contribution in [1.82, 2.24) is 9.78 Å². The van der Waals surface area contributed by atoms with E-state index in [9.17, 15) is 18.3 Å². The molecule has 27 heavy (non-hydrogen) atoms. The summed E-state index contributed by atoms with van der Waals surface area (Å²) >= 11 is 0. The van der Waals surface area contributed by atoms with Crippen LogP contribution in [0.2, 0.25) is 0 Å². The second kappa shape index (κ2) is 6.19. The quantitative estimate of drug-likeness (QED) is 0.834. The predicted octanol–water partition coefficient (Wildman–Crippen LogP) is 3.72. The van der Waals surface area contributed by atoms with Crippen molar-refractivity contribution < 1.29 is 18.3 Å². The van der Waals surface area contributed by atoms with Crippen molar-refractivity contribution in [3.63, 3.8) is 0 Å². The first kappa shape index (κ1) is 18.2. The molecule has 0 saturated heterocycles. The van der Waals surface area contributed by atoms with E-state index in [0.717, 1.165) is 24.1 Å². The monoisotopic (exact) mass is 388 g/mol. The molecule has 0 aromatic carbocycles. The van der Waals surface area contributed by atoms with E-state index in [4.69, 9.17) is 0 Å². The highest BCUT2D eigenvalue weighted by molar-refractivity contribution is 7.94. The van der Waals surface area contributed by atoms with Crippen LogP contribution in [0.1, 0.15) is 61.8 Å². The van der Waals surface area contributed by atoms with Crippen LogP contribution < -0.4 is 0 Å². The smallest absolute Gasteiger partial charge is 0.356 e. The van der Waals surface area contributed by atoms with Crippen molar-refractivity contribution in [2.75, 3.05) is 0 Å². The molecule has 0 bridgehead atoms. The first-order valence-electron chi connectivity index (χ1n) is 9.39. The fourth-order valence-corrected chi connectivity index (χ4v) is 6.72. The van der Waals surface area contributed by atoms with Crippen molar-refractivity contribution in [2.24, 2.45) is 17.8 Å². The standard InChI is InChI=1S/C20H24N2O4S/c1-11-4-6-14(7-5-11)22-18-15-9-12(2)8-13(3)19(15)27(25,26)10-16(18)17(21-22)20(23)24/h4,6-7,11-13H,5,8-10H2,1-3H3,(H,23,24). The molecule has 0 saturated carbocycles. The van der Waals surface area contributed by atoms with Gasteiger partial charge in [-0.05, 0) is 48.7 Å². The second-order valence-electron chi connectivity index (χ2n) is 8.14. The van der Waals surface area contributed by atoms with Crippen molar-refractivity contribution in [3.05, 3.63) is 40.1 Å². The lowest BCUT2D eigenvalue weighted by Gasteiger charge is -2.33. The van der Waals surface area contributed by atoms with Gasteiger partial charge in [-0.2, -0.15) is 5.10 Å². The van der Waals surface area contributed by atoms with Gasteiger partial charge >= 0.3 is 5.97 Å². The van der Waals surface area contributed by atoms with Crippen LogP contribution in [-0.4, -0.2) is 29.3 Å². The van der Waals surface area contributed by atoms with Crippen LogP contribution in [0.4, 0.5) is 0 Å². The van der Waals surface area contributed by atoms with Crippen LogP contribution in [-0.2, 0) is 15.6 Å². The molecular formula is C20H24N2O4S. The first-order valence-corrected chi connectivity index (χ1v) is 11.0. The van der Waals surface area contributed by atoms with Gasteiger partial charge in [0.1, 0.15) is 0 Å². The second-order valence-corrected chi connectivity index (χ2v) is 10.1. The molecule has 7 heteroatoms. The molecule has 0 amide bonds. The summed E-state index contributed by atoms with van der Waals surface area (Å²) in [6.45, 7) is 6.18. The SMILES string of the molecule is CC1C=CC(n2nc(C(=O)O)c3c2C2=C(C(C)CC(C)C2)S(=O)(=O)C3)=CC1. The fourth-order valence-electron chi connectivity index (χ4n) is 4.64. The number of fused-ring (bicyclic) bond motifs is 2. The van der Waals surface area contributed by atoms with Gasteiger partial charge in [0.2, 0.25) is 0 Å². The van der Waals surface area contributed by atoms with E-state index < -0.39 is 15.8 Å². The lowest BCUT2D eigenvalue weighted by molar-refractivity contribution is 0.0689. The third-order valence-electron chi connectivity index (χ3n) is 5.73. The highest BCUT2D eigenvalue weighted by Crippen LogP contribution is 2.47. The predicted molar refractivity (Wildman–Crippen MR) is 103 cm³/mol. The summed E-state index contributed by atoms with van der Waals surface area (Å²) < 4.78 is 27.6. The Bertz CT molecular complexity index is 1030. The van der Waals surface area contributed by atoms with Crippen molar-refractivity contribution in [3.8, 4) is 0 Å². The van der Waals surface area contributed by atoms with Gasteiger partial charge < -0.3 is 5.11 Å². The van der Waals surface area contributed by atoms with Gasteiger partial charge in [0.05, 0.1) is 22.0 Å². The minimum absolute atomic E-state index is 0.0607. The maximum atomic E-state index is 13.0. The van der Waals surface area contributed by atoms with Gasteiger partial charge in [0.25, 0.3) is 0 Å². The fraction of sp³-hybridized carbons (Fsp3) is 0.500. The molecule has 3 unspecified atom stereocenters. The van der Waals surface area contributed by atoms with E-state index in [1.165, 1.54) is 0 Å². The molecule has 4 rings (SSSR count). The molecule has 1 N–H and O–H groups in total. The summed E-state index contributed by atoms with van der Waals surface area (Å²) in [5.74, 6) is -0.768. The molecule has 2 aliphatic carbocycles. The van der Waals surface area contributed by atoms with Gasteiger partial charge in [-0.15, -0.1) is 0 Å². The summed E-state index contributed by atoms with van der Waals surface area (Å²) in [4.78, 5) is 12.3. The molecule has 0 radical (unpaired) electrons. The molecule has 1 aliphatic heterocycles. The van der Waals surface area contributed by atoms with Crippen LogP contribution in [0.15, 0.2) is 23.1 Å². The van der Waals surface area contributed by atoms with E-state index in [-0.39, 0.29) is 17.4 Å². The zero-order chi connectivity index (χ0) is 19.5. The summed E-state index contributed by atoms with van der Waals surface area (Å²) in [5.41, 5.74) is 2.43. The number of aromatic nitrogens is 2. The molecule has 1 aromatic heterocycles. The number of sulfone groups is 1. The summed E-state index contributed by atoms with van der Waals surface area (Å²) in [5, 5.41) is 14.0. The molecule has 144 valence electrons. The Morgan fingerprint density at radius 2 is 2.04 bits per heavy atom. The number of carboxylic acids is 1. The van der Waals surface area contributed by atoms with E-state index in [1.54, 1.807) is 4.68 Å². The zero-order valence-corrected chi connectivity index (χ0v) is 16.6. The van der Waals surface area contributed by atoms with E-state index in [2.05, 4.69) is 25.0 Å². The number of hydrogen-bond acceptors (Lipinski definition) is 4. The summed E-state index contributed by atoms with van der Waals surface area (Å²) in [6, 6.07) is 0. The van der Waals surface area contributed by atoms with Crippen LogP contribution in [0.5, 0.6) is 0 Å². The Hall–Kier alpha value is -2.15. The maximum Gasteiger partial charge on any atom is 0.356 e. The molecule has 1 aromatic rings. The van der Waals surface area contributed by atoms with Gasteiger partial charge in [-0.25, -0.2) is 17.9 Å². The van der Waals surface area contributed by atoms with Gasteiger partial charge in [-0.1, -0.05) is 32.9 Å². The van der Waals surface area contributed by atoms with Gasteiger partial charge in [-0.3, -0.25) is 0 Å². The molecule has 2 heterocycles. The summed E-state index contributed by atoms with van der Waals surface area (Å²) in [7, 11) is -3.53. The lowest BCUT2D eigenvalue weighted by atomic mass is 9.81. The van der Waals surface area contributed by atoms with E-state index in [0.29, 0.717) is 34.4 Å². The van der Waals surface area contributed by atoms with Crippen LogP contribution in [0, 0.1) is 17.8 Å². The van der Waals surface area contributed by atoms with Crippen LogP contribution in [0.3, 0.4) is 0 Å². The van der Waals surface area contributed by atoms with E-state index >= 15 is 0 Å². The molecule has 0 spiro atoms. The molecular weight excluding hydrogens is 364 g/mol. The largest absolute Gasteiger partial charge is 0.476 e. The normalized spacial score (nSPS) is 29.1. The topological polar surface area (TPSA) is 89.3 Å². The Morgan fingerprint density at radius 1 is 1.30 bits per heavy atom. The number of carbonyl (C=O) groups is 1. The third-order valence-corrected chi connectivity index (χ3v) is 7.72. The minimum atomic E-state index is -3.53. The number of nitrogens with zero attached hydrogens (tertiary/aromatic N) is 2. The molecule has 6 nitrogen and oxygen atoms in total. The average molecular weight is 388 g/mol. The van der Waals surface area contributed by atoms with Crippen LogP contribution >= 0.6 is 0 Å². The van der Waals surface area contributed by atoms with Gasteiger partial charge in [0, 0.05) is 5.56 Å². The van der Waals surface area contributed by atoms with Gasteiger partial charge in [0.15, 0.2) is 15.5 Å². The number of rotatable bonds is 2. The minimum Gasteiger partial charge on any atom is -0.476 e. The molecule has 3 atom stereocenters. The Balaban J connectivity index is 2.01. The highest BCUT2D eigenvalue weighted by atomic mass is 32.2. The Morgan fingerprint density at radius 3 is 2.67 bits per heavy atom. The van der Waals surface area contributed by atoms with Crippen molar-refractivity contribution in [1.29, 1.82) is 0 Å². The number of carboxylic acid groups (broad SMARTS) is 1. The molecule has 0 fully saturated rings. The lowest BCUT2D eigenvalue weighted by Crippen LogP contribution is -2.27. The number of allylic oxidation sites excluding steroid dienone is 6. The third kappa shape index (κ3) is 2.88. The maximum absolute atomic E-state index is 13.0. The zero-order valence-electron chi connectivity index (χ0n) is 15.8. The Kier molecular flexibility index (Phi) is 4.18. The van der Waals surface area contributed by atoms with Crippen LogP contribution in [0.25, 0.3) is 11.3 Å². The Labute approximate surface area is 159 Å². The van der Waals surface area contributed by atoms with E-state index in [1.807, 2.05) is 19.1 Å². The van der Waals surface area contributed by atoms with Crippen molar-refractivity contribution in [2.45, 2.75) is 45.8 Å². The summed E-state index contributed by atoms with van der Waals surface area (Å²) in [6.07, 6.45) is 8.37. The number of hydrogen-bond donors (Lipinski definition) is 1.